The van der Waals surface area contributed by atoms with Gasteiger partial charge in [-0.15, -0.1) is 0 Å². The molecule has 3 nitrogen and oxygen atoms in total. The highest BCUT2D eigenvalue weighted by Gasteiger charge is 2.26. The first-order chi connectivity index (χ1) is 6.29. The molecule has 76 valence electrons. The minimum absolute atomic E-state index is 0.153. The van der Waals surface area contributed by atoms with Crippen LogP contribution in [0.1, 0.15) is 39.5 Å². The number of unbranched alkanes of at least 4 members (excludes halogenated alkanes) is 1. The van der Waals surface area contributed by atoms with Crippen LogP contribution in [0.4, 0.5) is 4.48 Å². The number of hydrogen-bond donors (Lipinski definition) is 0. The number of hydrogen-bond acceptors (Lipinski definition) is 3. The second kappa shape index (κ2) is 5.04. The van der Waals surface area contributed by atoms with Gasteiger partial charge in [0.25, 0.3) is 0 Å². The fourth-order valence-corrected chi connectivity index (χ4v) is 1.49. The molecule has 1 unspecified atom stereocenters. The Kier molecular flexibility index (Phi) is 3.99. The van der Waals surface area contributed by atoms with Crippen LogP contribution in [0, 0.1) is 0 Å². The summed E-state index contributed by atoms with van der Waals surface area (Å²) in [4.78, 5) is 0. The van der Waals surface area contributed by atoms with Crippen molar-refractivity contribution in [3.63, 3.8) is 0 Å². The maximum atomic E-state index is 13.1. The van der Waals surface area contributed by atoms with Gasteiger partial charge < -0.3 is 0 Å². The van der Waals surface area contributed by atoms with Crippen LogP contribution in [0.3, 0.4) is 0 Å². The van der Waals surface area contributed by atoms with E-state index in [0.29, 0.717) is 5.12 Å². The quantitative estimate of drug-likeness (QED) is 0.615. The molecule has 0 radical (unpaired) electrons. The van der Waals surface area contributed by atoms with Gasteiger partial charge in [0.15, 0.2) is 0 Å². The number of hydrazone groups is 1. The molecule has 0 aromatic heterocycles. The van der Waals surface area contributed by atoms with E-state index < -0.39 is 0 Å². The van der Waals surface area contributed by atoms with Crippen molar-refractivity contribution in [3.8, 4) is 0 Å². The van der Waals surface area contributed by atoms with Crippen molar-refractivity contribution in [3.05, 3.63) is 0 Å². The maximum Gasteiger partial charge on any atom is 0.149 e. The smallest absolute Gasteiger partial charge is 0.149 e. The Morgan fingerprint density at radius 3 is 2.77 bits per heavy atom. The lowest BCUT2D eigenvalue weighted by atomic mass is 10.2. The fraction of sp³-hybridized carbons (Fsp3) is 0.889. The van der Waals surface area contributed by atoms with Crippen LogP contribution in [0.5, 0.6) is 0 Å². The SMILES string of the molecule is CCCCC1N(F)C=NN1CCC. The van der Waals surface area contributed by atoms with Gasteiger partial charge in [0.1, 0.15) is 12.5 Å². The summed E-state index contributed by atoms with van der Waals surface area (Å²) >= 11 is 0. The number of nitrogens with zero attached hydrogens (tertiary/aromatic N) is 3. The predicted octanol–water partition coefficient (Wildman–Crippen LogP) is 2.36. The van der Waals surface area contributed by atoms with E-state index in [1.807, 2.05) is 5.01 Å². The summed E-state index contributed by atoms with van der Waals surface area (Å²) in [6.07, 6.45) is 5.13. The van der Waals surface area contributed by atoms with Crippen LogP contribution in [-0.2, 0) is 0 Å². The van der Waals surface area contributed by atoms with Crippen molar-refractivity contribution in [1.82, 2.24) is 10.1 Å². The van der Waals surface area contributed by atoms with Gasteiger partial charge >= 0.3 is 0 Å². The molecule has 4 heteroatoms. The molecular weight excluding hydrogens is 169 g/mol. The third kappa shape index (κ3) is 2.57. The van der Waals surface area contributed by atoms with Gasteiger partial charge in [-0.2, -0.15) is 10.2 Å². The first-order valence-corrected chi connectivity index (χ1v) is 5.04. The number of rotatable bonds is 5. The summed E-state index contributed by atoms with van der Waals surface area (Å²) < 4.78 is 13.1. The van der Waals surface area contributed by atoms with E-state index in [2.05, 4.69) is 18.9 Å². The van der Waals surface area contributed by atoms with E-state index in [1.54, 1.807) is 0 Å². The molecule has 0 N–H and O–H groups in total. The van der Waals surface area contributed by atoms with Gasteiger partial charge in [-0.1, -0.05) is 24.7 Å². The summed E-state index contributed by atoms with van der Waals surface area (Å²) in [6, 6.07) is 0. The molecule has 0 spiro atoms. The Balaban J connectivity index is 2.39. The van der Waals surface area contributed by atoms with Crippen LogP contribution < -0.4 is 0 Å². The maximum absolute atomic E-state index is 13.1. The van der Waals surface area contributed by atoms with Crippen molar-refractivity contribution < 1.29 is 4.48 Å². The summed E-state index contributed by atoms with van der Waals surface area (Å²) in [7, 11) is 0. The highest BCUT2D eigenvalue weighted by molar-refractivity contribution is 5.55. The zero-order valence-electron chi connectivity index (χ0n) is 8.41. The lowest BCUT2D eigenvalue weighted by molar-refractivity contribution is -0.000879. The standard InChI is InChI=1S/C9H18FN3/c1-3-5-6-9-12(10)8-11-13(9)7-4-2/h8-9H,3-7H2,1-2H3. The molecule has 0 aromatic carbocycles. The minimum atomic E-state index is -0.153. The Hall–Kier alpha value is -0.800. The van der Waals surface area contributed by atoms with E-state index in [0.717, 1.165) is 32.2 Å². The third-order valence-corrected chi connectivity index (χ3v) is 2.21. The largest absolute Gasteiger partial charge is 0.270 e. The predicted molar refractivity (Wildman–Crippen MR) is 51.7 cm³/mol. The Morgan fingerprint density at radius 1 is 1.38 bits per heavy atom. The van der Waals surface area contributed by atoms with Gasteiger partial charge in [0, 0.05) is 6.54 Å². The van der Waals surface area contributed by atoms with E-state index in [-0.39, 0.29) is 6.17 Å². The van der Waals surface area contributed by atoms with Gasteiger partial charge in [0.05, 0.1) is 0 Å². The first kappa shape index (κ1) is 10.3. The molecule has 1 atom stereocenters. The fourth-order valence-electron chi connectivity index (χ4n) is 1.49. The normalized spacial score (nSPS) is 21.6. The van der Waals surface area contributed by atoms with E-state index in [4.69, 9.17) is 0 Å². The van der Waals surface area contributed by atoms with Gasteiger partial charge in [-0.05, 0) is 19.3 Å². The van der Waals surface area contributed by atoms with Crippen LogP contribution in [0.15, 0.2) is 5.10 Å². The average molecular weight is 187 g/mol. The molecule has 1 heterocycles. The van der Waals surface area contributed by atoms with Gasteiger partial charge in [-0.25, -0.2) is 0 Å². The molecule has 1 rings (SSSR count). The van der Waals surface area contributed by atoms with Crippen molar-refractivity contribution in [1.29, 1.82) is 0 Å². The van der Waals surface area contributed by atoms with Crippen LogP contribution in [-0.4, -0.2) is 29.2 Å². The minimum Gasteiger partial charge on any atom is -0.270 e. The van der Waals surface area contributed by atoms with E-state index in [1.165, 1.54) is 6.34 Å². The number of halogens is 1. The van der Waals surface area contributed by atoms with Crippen molar-refractivity contribution in [2.45, 2.75) is 45.7 Å². The molecule has 13 heavy (non-hydrogen) atoms. The van der Waals surface area contributed by atoms with Crippen molar-refractivity contribution >= 4 is 6.34 Å². The molecule has 0 aromatic rings. The Labute approximate surface area is 79.1 Å². The van der Waals surface area contributed by atoms with E-state index in [9.17, 15) is 4.48 Å². The summed E-state index contributed by atoms with van der Waals surface area (Å²) in [5.74, 6) is 0. The average Bonchev–Trinajstić information content (AvgIpc) is 2.45. The lowest BCUT2D eigenvalue weighted by Gasteiger charge is -2.24. The Morgan fingerprint density at radius 2 is 2.15 bits per heavy atom. The Bertz CT molecular complexity index is 172. The molecule has 1 aliphatic heterocycles. The van der Waals surface area contributed by atoms with Crippen molar-refractivity contribution in [2.75, 3.05) is 6.54 Å². The van der Waals surface area contributed by atoms with E-state index >= 15 is 0 Å². The lowest BCUT2D eigenvalue weighted by Crippen LogP contribution is -2.35. The molecule has 0 saturated heterocycles. The first-order valence-electron chi connectivity index (χ1n) is 5.04. The molecular formula is C9H18FN3. The monoisotopic (exact) mass is 187 g/mol. The molecule has 0 saturated carbocycles. The third-order valence-electron chi connectivity index (χ3n) is 2.21. The van der Waals surface area contributed by atoms with Crippen LogP contribution in [0.25, 0.3) is 0 Å². The second-order valence-corrected chi connectivity index (χ2v) is 3.36. The van der Waals surface area contributed by atoms with Crippen LogP contribution in [0.2, 0.25) is 0 Å². The highest BCUT2D eigenvalue weighted by atomic mass is 19.2. The van der Waals surface area contributed by atoms with Gasteiger partial charge in [-0.3, -0.25) is 5.01 Å². The molecule has 0 bridgehead atoms. The second-order valence-electron chi connectivity index (χ2n) is 3.36. The van der Waals surface area contributed by atoms with Gasteiger partial charge in [0.2, 0.25) is 0 Å². The van der Waals surface area contributed by atoms with Crippen LogP contribution >= 0.6 is 0 Å². The highest BCUT2D eigenvalue weighted by Crippen LogP contribution is 2.18. The summed E-state index contributed by atoms with van der Waals surface area (Å²) in [5.41, 5.74) is 0. The zero-order valence-corrected chi connectivity index (χ0v) is 8.41. The van der Waals surface area contributed by atoms with Crippen molar-refractivity contribution in [2.24, 2.45) is 5.10 Å². The molecule has 1 aliphatic rings. The molecule has 0 aliphatic carbocycles. The summed E-state index contributed by atoms with van der Waals surface area (Å²) in [6.45, 7) is 5.03. The molecule has 0 amide bonds. The zero-order chi connectivity index (χ0) is 9.68. The summed E-state index contributed by atoms with van der Waals surface area (Å²) in [5, 5.41) is 6.54. The topological polar surface area (TPSA) is 18.8 Å². The molecule has 0 fully saturated rings.